The molecule has 1 amide bonds. The average molecular weight is 292 g/mol. The van der Waals surface area contributed by atoms with Crippen LogP contribution in [0.15, 0.2) is 18.2 Å². The second-order valence-corrected chi connectivity index (χ2v) is 3.91. The summed E-state index contributed by atoms with van der Waals surface area (Å²) in [5.74, 6) is -2.57. The lowest BCUT2D eigenvalue weighted by Crippen LogP contribution is -2.45. The molecular formula is C11H11ClFNO5. The molecule has 0 radical (unpaired) electrons. The van der Waals surface area contributed by atoms with E-state index in [1.165, 1.54) is 6.07 Å². The number of rotatable bonds is 6. The molecule has 0 aliphatic heterocycles. The van der Waals surface area contributed by atoms with Gasteiger partial charge < -0.3 is 20.3 Å². The Morgan fingerprint density at radius 1 is 1.47 bits per heavy atom. The van der Waals surface area contributed by atoms with Crippen LogP contribution >= 0.6 is 11.6 Å². The summed E-state index contributed by atoms with van der Waals surface area (Å²) in [4.78, 5) is 21.9. The van der Waals surface area contributed by atoms with Crippen LogP contribution in [-0.2, 0) is 9.59 Å². The first-order valence-corrected chi connectivity index (χ1v) is 5.52. The number of halogens is 2. The lowest BCUT2D eigenvalue weighted by Gasteiger charge is -2.12. The summed E-state index contributed by atoms with van der Waals surface area (Å²) in [5, 5.41) is 19.3. The third-order valence-electron chi connectivity index (χ3n) is 2.07. The van der Waals surface area contributed by atoms with E-state index in [0.29, 0.717) is 0 Å². The zero-order chi connectivity index (χ0) is 14.4. The highest BCUT2D eigenvalue weighted by molar-refractivity contribution is 6.32. The molecule has 0 bridgehead atoms. The van der Waals surface area contributed by atoms with Gasteiger partial charge in [0.2, 0.25) is 0 Å². The Hall–Kier alpha value is -1.86. The van der Waals surface area contributed by atoms with Crippen molar-refractivity contribution in [1.29, 1.82) is 0 Å². The minimum atomic E-state index is -1.40. The maximum atomic E-state index is 12.7. The van der Waals surface area contributed by atoms with Crippen molar-refractivity contribution in [2.45, 2.75) is 6.04 Å². The number of ether oxygens (including phenoxy) is 1. The number of aliphatic hydroxyl groups excluding tert-OH is 1. The molecule has 1 aromatic carbocycles. The molecule has 0 aromatic heterocycles. The molecule has 0 heterocycles. The first kappa shape index (κ1) is 15.2. The van der Waals surface area contributed by atoms with Gasteiger partial charge in [-0.2, -0.15) is 0 Å². The third kappa shape index (κ3) is 4.72. The third-order valence-corrected chi connectivity index (χ3v) is 2.36. The molecule has 0 saturated carbocycles. The first-order chi connectivity index (χ1) is 8.93. The van der Waals surface area contributed by atoms with Crippen molar-refractivity contribution in [3.05, 3.63) is 29.0 Å². The fraction of sp³-hybridized carbons (Fsp3) is 0.273. The second-order valence-electron chi connectivity index (χ2n) is 3.50. The van der Waals surface area contributed by atoms with Crippen molar-refractivity contribution in [2.24, 2.45) is 0 Å². The van der Waals surface area contributed by atoms with Crippen molar-refractivity contribution in [3.8, 4) is 5.75 Å². The van der Waals surface area contributed by atoms with E-state index in [0.717, 1.165) is 12.1 Å². The quantitative estimate of drug-likeness (QED) is 0.706. The lowest BCUT2D eigenvalue weighted by atomic mass is 10.3. The first-order valence-electron chi connectivity index (χ1n) is 5.15. The maximum Gasteiger partial charge on any atom is 0.328 e. The number of carbonyl (C=O) groups is 2. The second kappa shape index (κ2) is 6.91. The van der Waals surface area contributed by atoms with E-state index in [2.05, 4.69) is 0 Å². The van der Waals surface area contributed by atoms with E-state index in [4.69, 9.17) is 26.6 Å². The fourth-order valence-electron chi connectivity index (χ4n) is 1.16. The van der Waals surface area contributed by atoms with E-state index < -0.39 is 36.9 Å². The Kier molecular flexibility index (Phi) is 5.53. The Balaban J connectivity index is 2.52. The molecule has 0 unspecified atom stereocenters. The summed E-state index contributed by atoms with van der Waals surface area (Å²) < 4.78 is 17.7. The van der Waals surface area contributed by atoms with Gasteiger partial charge in [0, 0.05) is 0 Å². The molecule has 0 aliphatic rings. The van der Waals surface area contributed by atoms with Crippen LogP contribution in [0.4, 0.5) is 4.39 Å². The van der Waals surface area contributed by atoms with E-state index in [9.17, 15) is 14.0 Å². The molecule has 104 valence electrons. The van der Waals surface area contributed by atoms with Gasteiger partial charge in [0.25, 0.3) is 5.91 Å². The number of hydrogen-bond acceptors (Lipinski definition) is 4. The summed E-state index contributed by atoms with van der Waals surface area (Å²) in [7, 11) is 0. The standard InChI is InChI=1S/C11H11ClFNO5/c12-7-3-6(13)1-2-9(7)19-5-10(16)14-8(4-15)11(17)18/h1-3,8,15H,4-5H2,(H,14,16)(H,17,18)/t8-/m1/s1. The molecule has 0 saturated heterocycles. The monoisotopic (exact) mass is 291 g/mol. The number of aliphatic carboxylic acids is 1. The van der Waals surface area contributed by atoms with Crippen molar-refractivity contribution >= 4 is 23.5 Å². The molecule has 0 fully saturated rings. The Bertz CT molecular complexity index is 482. The van der Waals surface area contributed by atoms with Crippen molar-refractivity contribution < 1.29 is 28.9 Å². The smallest absolute Gasteiger partial charge is 0.328 e. The number of aliphatic hydroxyl groups is 1. The number of amides is 1. The van der Waals surface area contributed by atoms with Gasteiger partial charge in [-0.1, -0.05) is 11.6 Å². The maximum absolute atomic E-state index is 12.7. The van der Waals surface area contributed by atoms with E-state index in [1.807, 2.05) is 5.32 Å². The highest BCUT2D eigenvalue weighted by Crippen LogP contribution is 2.24. The van der Waals surface area contributed by atoms with Crippen molar-refractivity contribution in [1.82, 2.24) is 5.32 Å². The van der Waals surface area contributed by atoms with Gasteiger partial charge in [-0.3, -0.25) is 4.79 Å². The minimum absolute atomic E-state index is 0.00950. The van der Waals surface area contributed by atoms with Crippen LogP contribution in [0.25, 0.3) is 0 Å². The number of hydrogen-bond donors (Lipinski definition) is 3. The Morgan fingerprint density at radius 3 is 2.68 bits per heavy atom. The van der Waals surface area contributed by atoms with Crippen LogP contribution in [0.5, 0.6) is 5.75 Å². The zero-order valence-electron chi connectivity index (χ0n) is 9.60. The predicted octanol–water partition coefficient (Wildman–Crippen LogP) is 0.420. The van der Waals surface area contributed by atoms with Crippen LogP contribution in [0.1, 0.15) is 0 Å². The number of carboxylic acids is 1. The largest absolute Gasteiger partial charge is 0.482 e. The van der Waals surface area contributed by atoms with E-state index in [1.54, 1.807) is 0 Å². The molecule has 1 aromatic rings. The number of nitrogens with one attached hydrogen (secondary N) is 1. The van der Waals surface area contributed by atoms with Gasteiger partial charge in [0.15, 0.2) is 6.61 Å². The predicted molar refractivity (Wildman–Crippen MR) is 63.6 cm³/mol. The highest BCUT2D eigenvalue weighted by atomic mass is 35.5. The van der Waals surface area contributed by atoms with Gasteiger partial charge in [-0.05, 0) is 18.2 Å². The summed E-state index contributed by atoms with van der Waals surface area (Å²) in [6.45, 7) is -1.24. The molecule has 1 rings (SSSR count). The van der Waals surface area contributed by atoms with Crippen LogP contribution in [0.3, 0.4) is 0 Å². The molecule has 8 heteroatoms. The Labute approximate surface area is 112 Å². The molecule has 0 spiro atoms. The summed E-state index contributed by atoms with van der Waals surface area (Å²) in [5.41, 5.74) is 0. The molecule has 0 aliphatic carbocycles. The molecule has 1 atom stereocenters. The number of carbonyl (C=O) groups excluding carboxylic acids is 1. The molecular weight excluding hydrogens is 281 g/mol. The number of benzene rings is 1. The van der Waals surface area contributed by atoms with Gasteiger partial charge in [-0.15, -0.1) is 0 Å². The van der Waals surface area contributed by atoms with Gasteiger partial charge in [0.05, 0.1) is 11.6 Å². The van der Waals surface area contributed by atoms with E-state index in [-0.39, 0.29) is 10.8 Å². The zero-order valence-corrected chi connectivity index (χ0v) is 10.4. The summed E-state index contributed by atoms with van der Waals surface area (Å²) >= 11 is 5.67. The molecule has 19 heavy (non-hydrogen) atoms. The lowest BCUT2D eigenvalue weighted by molar-refractivity contribution is -0.143. The average Bonchev–Trinajstić information content (AvgIpc) is 2.34. The summed E-state index contributed by atoms with van der Waals surface area (Å²) in [6.07, 6.45) is 0. The van der Waals surface area contributed by atoms with Crippen LogP contribution < -0.4 is 10.1 Å². The van der Waals surface area contributed by atoms with E-state index >= 15 is 0 Å². The van der Waals surface area contributed by atoms with Gasteiger partial charge in [0.1, 0.15) is 17.6 Å². The topological polar surface area (TPSA) is 95.9 Å². The molecule has 6 nitrogen and oxygen atoms in total. The minimum Gasteiger partial charge on any atom is -0.482 e. The highest BCUT2D eigenvalue weighted by Gasteiger charge is 2.19. The van der Waals surface area contributed by atoms with Crippen LogP contribution in [0, 0.1) is 5.82 Å². The fourth-order valence-corrected chi connectivity index (χ4v) is 1.38. The normalized spacial score (nSPS) is 11.7. The van der Waals surface area contributed by atoms with Crippen LogP contribution in [-0.4, -0.2) is 41.3 Å². The number of carboxylic acid groups (broad SMARTS) is 1. The molecule has 3 N–H and O–H groups in total. The van der Waals surface area contributed by atoms with Gasteiger partial charge >= 0.3 is 5.97 Å². The SMILES string of the molecule is O=C(COc1ccc(F)cc1Cl)N[C@H](CO)C(=O)O. The summed E-state index contributed by atoms with van der Waals surface area (Å²) in [6, 6.07) is 1.96. The van der Waals surface area contributed by atoms with Crippen molar-refractivity contribution in [3.63, 3.8) is 0 Å². The van der Waals surface area contributed by atoms with Gasteiger partial charge in [-0.25, -0.2) is 9.18 Å². The van der Waals surface area contributed by atoms with Crippen LogP contribution in [0.2, 0.25) is 5.02 Å². The Morgan fingerprint density at radius 2 is 2.16 bits per heavy atom. The van der Waals surface area contributed by atoms with Crippen molar-refractivity contribution in [2.75, 3.05) is 13.2 Å².